The fraction of sp³-hybridized carbons (Fsp3) is 0.368. The minimum absolute atomic E-state index is 0.262. The summed E-state index contributed by atoms with van der Waals surface area (Å²) in [7, 11) is 1.71. The van der Waals surface area contributed by atoms with Crippen LogP contribution in [-0.2, 0) is 0 Å². The smallest absolute Gasteiger partial charge is 0.118 e. The number of rotatable bonds is 6. The first-order chi connectivity index (χ1) is 10.4. The molecule has 2 aromatic carbocycles. The van der Waals surface area contributed by atoms with E-state index in [4.69, 9.17) is 4.74 Å². The van der Waals surface area contributed by atoms with E-state index in [0.29, 0.717) is 0 Å². The molecule has 110 valence electrons. The van der Waals surface area contributed by atoms with Crippen LogP contribution in [0, 0.1) is 5.92 Å². The molecule has 0 aliphatic heterocycles. The van der Waals surface area contributed by atoms with Gasteiger partial charge in [0.2, 0.25) is 0 Å². The Morgan fingerprint density at radius 1 is 1.00 bits per heavy atom. The third kappa shape index (κ3) is 3.45. The van der Waals surface area contributed by atoms with Gasteiger partial charge in [0.05, 0.1) is 13.2 Å². The van der Waals surface area contributed by atoms with Crippen molar-refractivity contribution in [2.24, 2.45) is 5.92 Å². The highest BCUT2D eigenvalue weighted by Crippen LogP contribution is 2.28. The van der Waals surface area contributed by atoms with E-state index in [0.717, 1.165) is 18.2 Å². The standard InChI is InChI=1S/C19H23NO/c1-21-18-12-10-17(11-13-18)19(16-8-3-2-4-9-16)20-14-15-6-5-7-15/h2-4,8-13,15,19-20H,5-7,14H2,1H3. The normalized spacial score (nSPS) is 16.2. The van der Waals surface area contributed by atoms with Crippen LogP contribution in [0.25, 0.3) is 0 Å². The van der Waals surface area contributed by atoms with Crippen molar-refractivity contribution in [3.05, 3.63) is 65.7 Å². The van der Waals surface area contributed by atoms with Gasteiger partial charge < -0.3 is 10.1 Å². The largest absolute Gasteiger partial charge is 0.497 e. The highest BCUT2D eigenvalue weighted by atomic mass is 16.5. The van der Waals surface area contributed by atoms with Crippen molar-refractivity contribution in [3.8, 4) is 5.75 Å². The third-order valence-corrected chi connectivity index (χ3v) is 4.42. The van der Waals surface area contributed by atoms with Crippen molar-refractivity contribution in [1.29, 1.82) is 0 Å². The van der Waals surface area contributed by atoms with E-state index >= 15 is 0 Å². The molecule has 1 aliphatic carbocycles. The molecule has 0 amide bonds. The Kier molecular flexibility index (Phi) is 4.56. The minimum atomic E-state index is 0.262. The van der Waals surface area contributed by atoms with E-state index in [2.05, 4.69) is 47.8 Å². The summed E-state index contributed by atoms with van der Waals surface area (Å²) in [6, 6.07) is 19.3. The van der Waals surface area contributed by atoms with Crippen molar-refractivity contribution >= 4 is 0 Å². The average molecular weight is 281 g/mol. The number of methoxy groups -OCH3 is 1. The zero-order chi connectivity index (χ0) is 14.5. The lowest BCUT2D eigenvalue weighted by Crippen LogP contribution is -2.31. The topological polar surface area (TPSA) is 21.3 Å². The highest BCUT2D eigenvalue weighted by molar-refractivity contribution is 5.35. The van der Waals surface area contributed by atoms with Gasteiger partial charge in [0.1, 0.15) is 5.75 Å². The minimum Gasteiger partial charge on any atom is -0.497 e. The third-order valence-electron chi connectivity index (χ3n) is 4.42. The SMILES string of the molecule is COc1ccc(C(NCC2CCC2)c2ccccc2)cc1. The Labute approximate surface area is 127 Å². The van der Waals surface area contributed by atoms with Gasteiger partial charge in [0.25, 0.3) is 0 Å². The van der Waals surface area contributed by atoms with Crippen LogP contribution in [0.15, 0.2) is 54.6 Å². The van der Waals surface area contributed by atoms with Gasteiger partial charge in [-0.05, 0) is 48.6 Å². The summed E-state index contributed by atoms with van der Waals surface area (Å²) in [5.41, 5.74) is 2.61. The van der Waals surface area contributed by atoms with Gasteiger partial charge in [-0.1, -0.05) is 48.9 Å². The Morgan fingerprint density at radius 3 is 2.24 bits per heavy atom. The maximum absolute atomic E-state index is 5.26. The summed E-state index contributed by atoms with van der Waals surface area (Å²) in [5.74, 6) is 1.76. The van der Waals surface area contributed by atoms with Crippen LogP contribution in [0.2, 0.25) is 0 Å². The molecule has 2 aromatic rings. The van der Waals surface area contributed by atoms with Crippen LogP contribution < -0.4 is 10.1 Å². The van der Waals surface area contributed by atoms with Crippen molar-refractivity contribution in [1.82, 2.24) is 5.32 Å². The van der Waals surface area contributed by atoms with Gasteiger partial charge in [-0.2, -0.15) is 0 Å². The van der Waals surface area contributed by atoms with Gasteiger partial charge >= 0.3 is 0 Å². The number of hydrogen-bond acceptors (Lipinski definition) is 2. The second kappa shape index (κ2) is 6.77. The molecule has 2 heteroatoms. The lowest BCUT2D eigenvalue weighted by Gasteiger charge is -2.29. The Hall–Kier alpha value is -1.80. The molecule has 1 fully saturated rings. The van der Waals surface area contributed by atoms with Gasteiger partial charge in [-0.3, -0.25) is 0 Å². The monoisotopic (exact) mass is 281 g/mol. The molecule has 0 radical (unpaired) electrons. The van der Waals surface area contributed by atoms with Crippen molar-refractivity contribution in [3.63, 3.8) is 0 Å². The lowest BCUT2D eigenvalue weighted by molar-refractivity contribution is 0.295. The first-order valence-corrected chi connectivity index (χ1v) is 7.79. The fourth-order valence-corrected chi connectivity index (χ4v) is 2.85. The van der Waals surface area contributed by atoms with Crippen LogP contribution in [0.4, 0.5) is 0 Å². The summed E-state index contributed by atoms with van der Waals surface area (Å²) in [5, 5.41) is 3.75. The first kappa shape index (κ1) is 14.2. The van der Waals surface area contributed by atoms with Gasteiger partial charge in [0, 0.05) is 0 Å². The Morgan fingerprint density at radius 2 is 1.67 bits per heavy atom. The second-order valence-electron chi connectivity index (χ2n) is 5.82. The van der Waals surface area contributed by atoms with E-state index in [1.807, 2.05) is 12.1 Å². The Bertz CT molecular complexity index is 546. The Balaban J connectivity index is 1.79. The summed E-state index contributed by atoms with van der Waals surface area (Å²) >= 11 is 0. The molecule has 21 heavy (non-hydrogen) atoms. The molecule has 0 spiro atoms. The fourth-order valence-electron chi connectivity index (χ4n) is 2.85. The predicted octanol–water partition coefficient (Wildman–Crippen LogP) is 4.17. The molecular formula is C19H23NO. The summed E-state index contributed by atoms with van der Waals surface area (Å²) < 4.78 is 5.26. The van der Waals surface area contributed by atoms with E-state index in [-0.39, 0.29) is 6.04 Å². The lowest BCUT2D eigenvalue weighted by atomic mass is 9.85. The molecule has 0 saturated heterocycles. The molecule has 1 atom stereocenters. The molecule has 1 unspecified atom stereocenters. The van der Waals surface area contributed by atoms with Crippen molar-refractivity contribution < 1.29 is 4.74 Å². The number of nitrogens with one attached hydrogen (secondary N) is 1. The van der Waals surface area contributed by atoms with E-state index < -0.39 is 0 Å². The van der Waals surface area contributed by atoms with E-state index in [9.17, 15) is 0 Å². The zero-order valence-electron chi connectivity index (χ0n) is 12.6. The molecule has 1 N–H and O–H groups in total. The van der Waals surface area contributed by atoms with Crippen LogP contribution in [0.1, 0.15) is 36.4 Å². The molecule has 1 aliphatic rings. The second-order valence-corrected chi connectivity index (χ2v) is 5.82. The first-order valence-electron chi connectivity index (χ1n) is 7.79. The summed E-state index contributed by atoms with van der Waals surface area (Å²) in [6.07, 6.45) is 4.14. The van der Waals surface area contributed by atoms with Gasteiger partial charge in [-0.25, -0.2) is 0 Å². The predicted molar refractivity (Wildman–Crippen MR) is 86.6 cm³/mol. The van der Waals surface area contributed by atoms with E-state index in [1.165, 1.54) is 30.4 Å². The quantitative estimate of drug-likeness (QED) is 0.858. The number of ether oxygens (including phenoxy) is 1. The van der Waals surface area contributed by atoms with Crippen LogP contribution in [0.5, 0.6) is 5.75 Å². The zero-order valence-corrected chi connectivity index (χ0v) is 12.6. The van der Waals surface area contributed by atoms with Crippen LogP contribution in [-0.4, -0.2) is 13.7 Å². The molecule has 3 rings (SSSR count). The molecule has 0 aromatic heterocycles. The number of benzene rings is 2. The highest BCUT2D eigenvalue weighted by Gasteiger charge is 2.20. The van der Waals surface area contributed by atoms with Crippen molar-refractivity contribution in [2.45, 2.75) is 25.3 Å². The van der Waals surface area contributed by atoms with Crippen LogP contribution >= 0.6 is 0 Å². The molecule has 2 nitrogen and oxygen atoms in total. The van der Waals surface area contributed by atoms with E-state index in [1.54, 1.807) is 7.11 Å². The van der Waals surface area contributed by atoms with Crippen molar-refractivity contribution in [2.75, 3.05) is 13.7 Å². The van der Waals surface area contributed by atoms with Crippen LogP contribution in [0.3, 0.4) is 0 Å². The molecule has 0 heterocycles. The van der Waals surface area contributed by atoms with Gasteiger partial charge in [-0.15, -0.1) is 0 Å². The molecular weight excluding hydrogens is 258 g/mol. The maximum Gasteiger partial charge on any atom is 0.118 e. The average Bonchev–Trinajstić information content (AvgIpc) is 2.51. The number of hydrogen-bond donors (Lipinski definition) is 1. The summed E-state index contributed by atoms with van der Waals surface area (Å²) in [6.45, 7) is 1.10. The summed E-state index contributed by atoms with van der Waals surface area (Å²) in [4.78, 5) is 0. The van der Waals surface area contributed by atoms with Gasteiger partial charge in [0.15, 0.2) is 0 Å². The molecule has 0 bridgehead atoms. The maximum atomic E-state index is 5.26. The molecule has 1 saturated carbocycles.